The number of carbonyl (C=O) groups excluding carboxylic acids is 2. The first-order valence-corrected chi connectivity index (χ1v) is 8.35. The summed E-state index contributed by atoms with van der Waals surface area (Å²) in [4.78, 5) is 26.9. The monoisotopic (exact) mass is 395 g/mol. The van der Waals surface area contributed by atoms with Crippen molar-refractivity contribution in [1.82, 2.24) is 4.98 Å². The normalized spacial score (nSPS) is 12.4. The number of anilines is 1. The van der Waals surface area contributed by atoms with Crippen molar-refractivity contribution in [3.05, 3.63) is 52.7 Å². The predicted octanol–water partition coefficient (Wildman–Crippen LogP) is 3.54. The number of primary amides is 1. The van der Waals surface area contributed by atoms with E-state index in [9.17, 15) is 22.8 Å². The average molecular weight is 395 g/mol. The molecule has 0 aliphatic rings. The maximum absolute atomic E-state index is 12.3. The summed E-state index contributed by atoms with van der Waals surface area (Å²) in [5, 5.41) is 2.67. The summed E-state index contributed by atoms with van der Waals surface area (Å²) in [5.74, 6) is -1.32. The maximum Gasteiger partial charge on any atom is 0.422 e. The van der Waals surface area contributed by atoms with Gasteiger partial charge in [0.25, 0.3) is 0 Å². The molecule has 150 valence electrons. The van der Waals surface area contributed by atoms with Crippen molar-refractivity contribution in [1.29, 1.82) is 0 Å². The smallest absolute Gasteiger partial charge is 0.422 e. The first kappa shape index (κ1) is 21.2. The third-order valence-corrected chi connectivity index (χ3v) is 4.04. The Kier molecular flexibility index (Phi) is 6.27. The van der Waals surface area contributed by atoms with Gasteiger partial charge in [-0.1, -0.05) is 13.0 Å². The highest BCUT2D eigenvalue weighted by Crippen LogP contribution is 2.32. The van der Waals surface area contributed by atoms with Crippen LogP contribution in [0, 0.1) is 6.92 Å². The van der Waals surface area contributed by atoms with Crippen LogP contribution >= 0.6 is 0 Å². The molecular formula is C19H20F3N3O3. The number of amides is 2. The molecule has 6 nitrogen and oxygen atoms in total. The van der Waals surface area contributed by atoms with Gasteiger partial charge in [-0.2, -0.15) is 13.2 Å². The zero-order chi connectivity index (χ0) is 21.1. The van der Waals surface area contributed by atoms with Crippen LogP contribution in [0.2, 0.25) is 0 Å². The Bertz CT molecular complexity index is 898. The Hall–Kier alpha value is -3.10. The largest absolute Gasteiger partial charge is 0.468 e. The molecule has 1 aromatic carbocycles. The minimum absolute atomic E-state index is 0.0977. The number of nitrogens with two attached hydrogens (primary N) is 1. The van der Waals surface area contributed by atoms with E-state index in [1.165, 1.54) is 19.2 Å². The zero-order valence-electron chi connectivity index (χ0n) is 15.6. The van der Waals surface area contributed by atoms with Crippen molar-refractivity contribution in [3.63, 3.8) is 0 Å². The molecule has 2 rings (SSSR count). The topological polar surface area (TPSA) is 94.3 Å². The van der Waals surface area contributed by atoms with Gasteiger partial charge in [0.2, 0.25) is 17.7 Å². The molecule has 1 aromatic heterocycles. The number of halogens is 3. The molecular weight excluding hydrogens is 375 g/mol. The van der Waals surface area contributed by atoms with Gasteiger partial charge in [0.05, 0.1) is 0 Å². The number of hydrogen-bond donors (Lipinski definition) is 2. The maximum atomic E-state index is 12.3. The van der Waals surface area contributed by atoms with Crippen molar-refractivity contribution in [2.45, 2.75) is 32.9 Å². The number of aryl methyl sites for hydroxylation is 1. The lowest BCUT2D eigenvalue weighted by atomic mass is 9.91. The lowest BCUT2D eigenvalue weighted by Gasteiger charge is -2.19. The molecule has 0 bridgehead atoms. The molecule has 0 aliphatic heterocycles. The number of benzene rings is 1. The molecule has 0 saturated heterocycles. The summed E-state index contributed by atoms with van der Waals surface area (Å²) in [5.41, 5.74) is 7.80. The Morgan fingerprint density at radius 3 is 2.50 bits per heavy atom. The minimum atomic E-state index is -4.45. The Morgan fingerprint density at radius 2 is 1.96 bits per heavy atom. The second-order valence-electron chi connectivity index (χ2n) is 6.36. The standard InChI is InChI=1S/C19H20F3N3O3/c1-10-6-14(8-24-18(10)28-9-19(20,21)22)11(2)15-5-4-13(17(23)27)7-16(15)25-12(3)26/h4-8,11H,9H2,1-3H3,(H2,23,27)(H,25,26). The summed E-state index contributed by atoms with van der Waals surface area (Å²) in [6, 6.07) is 6.36. The second-order valence-corrected chi connectivity index (χ2v) is 6.36. The van der Waals surface area contributed by atoms with Gasteiger partial charge in [-0.15, -0.1) is 0 Å². The summed E-state index contributed by atoms with van der Waals surface area (Å²) < 4.78 is 41.7. The molecule has 0 fully saturated rings. The van der Waals surface area contributed by atoms with E-state index < -0.39 is 18.7 Å². The van der Waals surface area contributed by atoms with E-state index in [4.69, 9.17) is 10.5 Å². The van der Waals surface area contributed by atoms with Gasteiger partial charge >= 0.3 is 6.18 Å². The van der Waals surface area contributed by atoms with Gasteiger partial charge in [0.1, 0.15) is 0 Å². The third kappa shape index (κ3) is 5.45. The van der Waals surface area contributed by atoms with E-state index in [1.54, 1.807) is 25.1 Å². The molecule has 28 heavy (non-hydrogen) atoms. The Balaban J connectivity index is 2.34. The van der Waals surface area contributed by atoms with E-state index in [2.05, 4.69) is 10.3 Å². The fourth-order valence-corrected chi connectivity index (χ4v) is 2.69. The highest BCUT2D eigenvalue weighted by molar-refractivity contribution is 5.96. The Labute approximate surface area is 159 Å². The van der Waals surface area contributed by atoms with E-state index in [0.717, 1.165) is 0 Å². The van der Waals surface area contributed by atoms with Crippen molar-refractivity contribution in [3.8, 4) is 5.88 Å². The quantitative estimate of drug-likeness (QED) is 0.782. The van der Waals surface area contributed by atoms with Crippen molar-refractivity contribution >= 4 is 17.5 Å². The number of ether oxygens (including phenoxy) is 1. The van der Waals surface area contributed by atoms with Gasteiger partial charge in [-0.3, -0.25) is 9.59 Å². The van der Waals surface area contributed by atoms with Crippen LogP contribution in [0.1, 0.15) is 46.8 Å². The highest BCUT2D eigenvalue weighted by Gasteiger charge is 2.29. The van der Waals surface area contributed by atoms with Crippen molar-refractivity contribution < 1.29 is 27.5 Å². The third-order valence-electron chi connectivity index (χ3n) is 4.04. The first-order chi connectivity index (χ1) is 13.0. The number of rotatable bonds is 6. The molecule has 9 heteroatoms. The van der Waals surface area contributed by atoms with Crippen LogP contribution < -0.4 is 15.8 Å². The van der Waals surface area contributed by atoms with Crippen LogP contribution in [0.25, 0.3) is 0 Å². The summed E-state index contributed by atoms with van der Waals surface area (Å²) >= 11 is 0. The van der Waals surface area contributed by atoms with Crippen LogP contribution in [-0.2, 0) is 4.79 Å². The minimum Gasteiger partial charge on any atom is -0.468 e. The lowest BCUT2D eigenvalue weighted by Crippen LogP contribution is -2.20. The second kappa shape index (κ2) is 8.28. The number of nitrogens with one attached hydrogen (secondary N) is 1. The van der Waals surface area contributed by atoms with Crippen LogP contribution in [0.3, 0.4) is 0 Å². The SMILES string of the molecule is CC(=O)Nc1cc(C(N)=O)ccc1C(C)c1cnc(OCC(F)(F)F)c(C)c1. The number of carbonyl (C=O) groups is 2. The number of hydrogen-bond acceptors (Lipinski definition) is 4. The summed E-state index contributed by atoms with van der Waals surface area (Å²) in [7, 11) is 0. The van der Waals surface area contributed by atoms with Crippen LogP contribution in [0.4, 0.5) is 18.9 Å². The molecule has 2 amide bonds. The van der Waals surface area contributed by atoms with E-state index >= 15 is 0 Å². The lowest BCUT2D eigenvalue weighted by molar-refractivity contribution is -0.154. The molecule has 3 N–H and O–H groups in total. The molecule has 0 spiro atoms. The van der Waals surface area contributed by atoms with E-state index in [-0.39, 0.29) is 23.3 Å². The predicted molar refractivity (Wildman–Crippen MR) is 97.3 cm³/mol. The fourth-order valence-electron chi connectivity index (χ4n) is 2.69. The zero-order valence-corrected chi connectivity index (χ0v) is 15.6. The van der Waals surface area contributed by atoms with Crippen LogP contribution in [-0.4, -0.2) is 29.6 Å². The molecule has 1 unspecified atom stereocenters. The number of pyridine rings is 1. The van der Waals surface area contributed by atoms with Crippen LogP contribution in [0.15, 0.2) is 30.5 Å². The molecule has 2 aromatic rings. The van der Waals surface area contributed by atoms with Gasteiger partial charge < -0.3 is 15.8 Å². The van der Waals surface area contributed by atoms with Crippen molar-refractivity contribution in [2.24, 2.45) is 5.73 Å². The number of aromatic nitrogens is 1. The first-order valence-electron chi connectivity index (χ1n) is 8.35. The van der Waals surface area contributed by atoms with Gasteiger partial charge in [-0.25, -0.2) is 4.98 Å². The van der Waals surface area contributed by atoms with E-state index in [0.29, 0.717) is 22.4 Å². The average Bonchev–Trinajstić information content (AvgIpc) is 2.58. The molecule has 1 atom stereocenters. The van der Waals surface area contributed by atoms with Crippen LogP contribution in [0.5, 0.6) is 5.88 Å². The molecule has 1 heterocycles. The molecule has 0 saturated carbocycles. The molecule has 0 radical (unpaired) electrons. The van der Waals surface area contributed by atoms with Gasteiger partial charge in [0, 0.05) is 35.9 Å². The van der Waals surface area contributed by atoms with Gasteiger partial charge in [-0.05, 0) is 36.2 Å². The number of alkyl halides is 3. The van der Waals surface area contributed by atoms with Crippen molar-refractivity contribution in [2.75, 3.05) is 11.9 Å². The molecule has 0 aliphatic carbocycles. The van der Waals surface area contributed by atoms with E-state index in [1.807, 2.05) is 6.92 Å². The number of nitrogens with zero attached hydrogens (tertiary/aromatic N) is 1. The van der Waals surface area contributed by atoms with Gasteiger partial charge in [0.15, 0.2) is 6.61 Å². The highest BCUT2D eigenvalue weighted by atomic mass is 19.4. The summed E-state index contributed by atoms with van der Waals surface area (Å²) in [6.45, 7) is 3.36. The Morgan fingerprint density at radius 1 is 1.29 bits per heavy atom. The fraction of sp³-hybridized carbons (Fsp3) is 0.316. The summed E-state index contributed by atoms with van der Waals surface area (Å²) in [6.07, 6.45) is -3.03.